The molecule has 1 atom stereocenters. The molecule has 8 nitrogen and oxygen atoms in total. The van der Waals surface area contributed by atoms with Gasteiger partial charge in [-0.05, 0) is 55.8 Å². The second-order valence-corrected chi connectivity index (χ2v) is 10.0. The first-order valence-electron chi connectivity index (χ1n) is 12.1. The summed E-state index contributed by atoms with van der Waals surface area (Å²) in [6, 6.07) is 15.5. The molecular weight excluding hydrogens is 540 g/mol. The van der Waals surface area contributed by atoms with Crippen molar-refractivity contribution in [1.29, 1.82) is 0 Å². The first kappa shape index (κ1) is 26.5. The van der Waals surface area contributed by atoms with Gasteiger partial charge >= 0.3 is 5.97 Å². The Bertz CT molecular complexity index is 1780. The minimum Gasteiger partial charge on any atom is -0.493 e. The first-order valence-corrected chi connectivity index (χ1v) is 13.3. The van der Waals surface area contributed by atoms with Crippen LogP contribution in [-0.2, 0) is 9.53 Å². The molecule has 0 spiro atoms. The molecule has 0 amide bonds. The van der Waals surface area contributed by atoms with Crippen LogP contribution in [0.25, 0.3) is 17.4 Å². The molecule has 0 saturated heterocycles. The van der Waals surface area contributed by atoms with E-state index in [1.807, 2.05) is 18.2 Å². The zero-order chi connectivity index (χ0) is 27.7. The van der Waals surface area contributed by atoms with Crippen LogP contribution < -0.4 is 24.4 Å². The standard InChI is InChI=1S/C29H25ClN2O6S/c1-5-37-28(34)25-16(2)31-29-32(26(25)17-10-12-22(35-3)23(14-17)36-4)27(33)24(39-29)15-18-11-13-21(38-18)19-8-6-7-9-20(19)30/h6-15,26H,5H2,1-4H3/b24-15+/t26-/m1/s1. The van der Waals surface area contributed by atoms with E-state index in [-0.39, 0.29) is 17.7 Å². The fourth-order valence-electron chi connectivity index (χ4n) is 4.50. The molecule has 3 heterocycles. The van der Waals surface area contributed by atoms with Crippen LogP contribution in [0.1, 0.15) is 31.2 Å². The Morgan fingerprint density at radius 3 is 2.62 bits per heavy atom. The van der Waals surface area contributed by atoms with E-state index >= 15 is 0 Å². The monoisotopic (exact) mass is 564 g/mol. The fourth-order valence-corrected chi connectivity index (χ4v) is 5.75. The third kappa shape index (κ3) is 4.91. The summed E-state index contributed by atoms with van der Waals surface area (Å²) in [4.78, 5) is 32.0. The summed E-state index contributed by atoms with van der Waals surface area (Å²) in [5.41, 5.74) is 1.84. The molecule has 1 aliphatic heterocycles. The average molecular weight is 565 g/mol. The lowest BCUT2D eigenvalue weighted by molar-refractivity contribution is -0.139. The van der Waals surface area contributed by atoms with E-state index in [1.54, 1.807) is 63.4 Å². The molecule has 0 unspecified atom stereocenters. The molecule has 1 aliphatic rings. The van der Waals surface area contributed by atoms with Gasteiger partial charge in [-0.3, -0.25) is 9.36 Å². The SMILES string of the molecule is CCOC(=O)C1=C(C)N=c2s/c(=C/c3ccc(-c4ccccc4Cl)o3)c(=O)n2[C@@H]1c1ccc(OC)c(OC)c1. The number of aromatic nitrogens is 1. The highest BCUT2D eigenvalue weighted by Crippen LogP contribution is 2.36. The van der Waals surface area contributed by atoms with Gasteiger partial charge in [0.2, 0.25) is 0 Å². The number of carbonyl (C=O) groups is 1. The second kappa shape index (κ2) is 11.0. The van der Waals surface area contributed by atoms with Crippen molar-refractivity contribution in [3.63, 3.8) is 0 Å². The van der Waals surface area contributed by atoms with Crippen LogP contribution >= 0.6 is 22.9 Å². The van der Waals surface area contributed by atoms with Crippen LogP contribution in [0.2, 0.25) is 5.02 Å². The Balaban J connectivity index is 1.67. The van der Waals surface area contributed by atoms with Gasteiger partial charge < -0.3 is 18.6 Å². The van der Waals surface area contributed by atoms with Crippen molar-refractivity contribution in [3.8, 4) is 22.8 Å². The van der Waals surface area contributed by atoms with E-state index < -0.39 is 12.0 Å². The first-order chi connectivity index (χ1) is 18.9. The van der Waals surface area contributed by atoms with Gasteiger partial charge in [0.25, 0.3) is 5.56 Å². The van der Waals surface area contributed by atoms with Gasteiger partial charge in [0.15, 0.2) is 16.3 Å². The Labute approximate surface area is 233 Å². The predicted molar refractivity (Wildman–Crippen MR) is 149 cm³/mol. The Kier molecular flexibility index (Phi) is 7.45. The quantitative estimate of drug-likeness (QED) is 0.301. The zero-order valence-electron chi connectivity index (χ0n) is 21.7. The van der Waals surface area contributed by atoms with Crippen LogP contribution in [0.5, 0.6) is 11.5 Å². The number of methoxy groups -OCH3 is 2. The number of benzene rings is 2. The van der Waals surface area contributed by atoms with Gasteiger partial charge in [0, 0.05) is 11.6 Å². The minimum absolute atomic E-state index is 0.185. The van der Waals surface area contributed by atoms with Crippen molar-refractivity contribution in [3.05, 3.63) is 102 Å². The molecule has 0 fully saturated rings. The number of rotatable bonds is 7. The highest BCUT2D eigenvalue weighted by Gasteiger charge is 2.34. The van der Waals surface area contributed by atoms with E-state index in [0.29, 0.717) is 48.6 Å². The Hall–Kier alpha value is -4.08. The van der Waals surface area contributed by atoms with Crippen LogP contribution in [0.3, 0.4) is 0 Å². The topological polar surface area (TPSA) is 92.3 Å². The largest absolute Gasteiger partial charge is 0.493 e. The zero-order valence-corrected chi connectivity index (χ0v) is 23.3. The summed E-state index contributed by atoms with van der Waals surface area (Å²) in [6.45, 7) is 3.65. The van der Waals surface area contributed by atoms with E-state index in [4.69, 9.17) is 30.2 Å². The van der Waals surface area contributed by atoms with Crippen molar-refractivity contribution < 1.29 is 23.4 Å². The van der Waals surface area contributed by atoms with Crippen molar-refractivity contribution in [1.82, 2.24) is 4.57 Å². The molecule has 200 valence electrons. The molecule has 0 N–H and O–H groups in total. The summed E-state index contributed by atoms with van der Waals surface area (Å²) in [7, 11) is 3.07. The number of furan rings is 1. The summed E-state index contributed by atoms with van der Waals surface area (Å²) < 4.78 is 24.1. The maximum atomic E-state index is 13.8. The lowest BCUT2D eigenvalue weighted by atomic mass is 9.95. The summed E-state index contributed by atoms with van der Waals surface area (Å²) in [6.07, 6.45) is 1.67. The summed E-state index contributed by atoms with van der Waals surface area (Å²) in [5, 5.41) is 0.565. The number of esters is 1. The lowest BCUT2D eigenvalue weighted by Crippen LogP contribution is -2.39. The molecule has 0 saturated carbocycles. The molecule has 0 aliphatic carbocycles. The van der Waals surface area contributed by atoms with Gasteiger partial charge in [-0.15, -0.1) is 0 Å². The molecule has 39 heavy (non-hydrogen) atoms. The molecule has 0 bridgehead atoms. The number of fused-ring (bicyclic) bond motifs is 1. The molecule has 2 aromatic carbocycles. The summed E-state index contributed by atoms with van der Waals surface area (Å²) >= 11 is 7.53. The molecule has 0 radical (unpaired) electrons. The number of ether oxygens (including phenoxy) is 3. The van der Waals surface area contributed by atoms with E-state index in [1.165, 1.54) is 23.0 Å². The lowest BCUT2D eigenvalue weighted by Gasteiger charge is -2.25. The highest BCUT2D eigenvalue weighted by molar-refractivity contribution is 7.07. The highest BCUT2D eigenvalue weighted by atomic mass is 35.5. The van der Waals surface area contributed by atoms with E-state index in [2.05, 4.69) is 4.99 Å². The predicted octanol–water partition coefficient (Wildman–Crippen LogP) is 4.73. The van der Waals surface area contributed by atoms with Crippen LogP contribution in [0, 0.1) is 0 Å². The van der Waals surface area contributed by atoms with Gasteiger partial charge in [-0.25, -0.2) is 9.79 Å². The Morgan fingerprint density at radius 2 is 1.90 bits per heavy atom. The molecule has 5 rings (SSSR count). The Morgan fingerprint density at radius 1 is 1.13 bits per heavy atom. The number of hydrogen-bond acceptors (Lipinski definition) is 8. The number of hydrogen-bond donors (Lipinski definition) is 0. The van der Waals surface area contributed by atoms with Crippen molar-refractivity contribution in [2.24, 2.45) is 4.99 Å². The molecule has 2 aromatic heterocycles. The van der Waals surface area contributed by atoms with Crippen LogP contribution in [0.15, 0.2) is 80.1 Å². The van der Waals surface area contributed by atoms with Crippen LogP contribution in [-0.4, -0.2) is 31.4 Å². The number of nitrogens with zero attached hydrogens (tertiary/aromatic N) is 2. The van der Waals surface area contributed by atoms with E-state index in [0.717, 1.165) is 5.56 Å². The number of allylic oxidation sites excluding steroid dienone is 1. The maximum absolute atomic E-state index is 13.8. The average Bonchev–Trinajstić information content (AvgIpc) is 3.52. The smallest absolute Gasteiger partial charge is 0.338 e. The second-order valence-electron chi connectivity index (χ2n) is 8.60. The van der Waals surface area contributed by atoms with Crippen molar-refractivity contribution in [2.45, 2.75) is 19.9 Å². The number of carbonyl (C=O) groups excluding carboxylic acids is 1. The number of thiazole rings is 1. The van der Waals surface area contributed by atoms with Gasteiger partial charge in [0.1, 0.15) is 11.5 Å². The minimum atomic E-state index is -0.780. The van der Waals surface area contributed by atoms with Gasteiger partial charge in [-0.1, -0.05) is 41.1 Å². The van der Waals surface area contributed by atoms with Crippen molar-refractivity contribution in [2.75, 3.05) is 20.8 Å². The van der Waals surface area contributed by atoms with Gasteiger partial charge in [-0.2, -0.15) is 0 Å². The fraction of sp³-hybridized carbons (Fsp3) is 0.207. The van der Waals surface area contributed by atoms with Gasteiger partial charge in [0.05, 0.1) is 47.7 Å². The van der Waals surface area contributed by atoms with Crippen molar-refractivity contribution >= 4 is 35.0 Å². The summed E-state index contributed by atoms with van der Waals surface area (Å²) in [5.74, 6) is 1.53. The molecule has 10 heteroatoms. The number of halogens is 1. The molecule has 4 aromatic rings. The molecular formula is C29H25ClN2O6S. The third-order valence-corrected chi connectivity index (χ3v) is 7.59. The maximum Gasteiger partial charge on any atom is 0.338 e. The van der Waals surface area contributed by atoms with Crippen LogP contribution in [0.4, 0.5) is 0 Å². The normalized spacial score (nSPS) is 15.1. The third-order valence-electron chi connectivity index (χ3n) is 6.28. The van der Waals surface area contributed by atoms with E-state index in [9.17, 15) is 9.59 Å².